The van der Waals surface area contributed by atoms with Crippen molar-refractivity contribution in [2.75, 3.05) is 26.4 Å². The van der Waals surface area contributed by atoms with Crippen LogP contribution < -0.4 is 5.32 Å². The summed E-state index contributed by atoms with van der Waals surface area (Å²) in [4.78, 5) is 13.3. The lowest BCUT2D eigenvalue weighted by molar-refractivity contribution is -0.379. The molecule has 3 aliphatic rings. The van der Waals surface area contributed by atoms with Crippen LogP contribution in [0.4, 0.5) is 0 Å². The van der Waals surface area contributed by atoms with Crippen molar-refractivity contribution in [3.63, 3.8) is 0 Å². The van der Waals surface area contributed by atoms with Crippen LogP contribution in [0.25, 0.3) is 0 Å². The molecule has 0 radical (unpaired) electrons. The molecule has 0 aliphatic carbocycles. The molecule has 0 spiro atoms. The number of rotatable bonds is 39. The van der Waals surface area contributed by atoms with Crippen molar-refractivity contribution in [2.45, 2.75) is 247 Å². The van der Waals surface area contributed by atoms with Crippen LogP contribution in [-0.4, -0.2) is 193 Å². The number of hydrogen-bond donors (Lipinski definition) is 12. The van der Waals surface area contributed by atoms with Crippen LogP contribution in [-0.2, 0) is 33.2 Å². The third-order valence-electron chi connectivity index (χ3n) is 13.7. The quantitative estimate of drug-likeness (QED) is 0.0305. The Kier molecular flexibility index (Phi) is 36.4. The fraction of sp³-hybridized carbons (Fsp3) is 0.741. The summed E-state index contributed by atoms with van der Waals surface area (Å²) in [6.45, 7) is 1.50. The topological polar surface area (TPSA) is 307 Å². The van der Waals surface area contributed by atoms with Crippen LogP contribution >= 0.6 is 0 Å². The predicted molar refractivity (Wildman–Crippen MR) is 291 cm³/mol. The lowest BCUT2D eigenvalue weighted by Crippen LogP contribution is -2.66. The average molecular weight is 1100 g/mol. The van der Waals surface area contributed by atoms with Crippen LogP contribution in [0, 0.1) is 0 Å². The number of unbranched alkanes of at least 4 members (excludes halogenated alkanes) is 11. The Balaban J connectivity index is 1.56. The molecule has 17 unspecified atom stereocenters. The first-order valence-electron chi connectivity index (χ1n) is 28.3. The van der Waals surface area contributed by atoms with Gasteiger partial charge in [0.05, 0.1) is 38.6 Å². The highest BCUT2D eigenvalue weighted by molar-refractivity contribution is 5.76. The largest absolute Gasteiger partial charge is 0.394 e. The number of nitrogens with one attached hydrogen (secondary N) is 1. The summed E-state index contributed by atoms with van der Waals surface area (Å²) < 4.78 is 34.1. The second-order valence-electron chi connectivity index (χ2n) is 20.0. The maximum atomic E-state index is 13.3. The molecule has 442 valence electrons. The highest BCUT2D eigenvalue weighted by Gasteiger charge is 2.53. The second kappa shape index (κ2) is 41.0. The Morgan fingerprint density at radius 1 is 0.481 bits per heavy atom. The van der Waals surface area contributed by atoms with Gasteiger partial charge in [0.2, 0.25) is 5.91 Å². The van der Waals surface area contributed by atoms with E-state index in [1.807, 2.05) is 18.2 Å². The maximum Gasteiger partial charge on any atom is 0.220 e. The van der Waals surface area contributed by atoms with Gasteiger partial charge in [-0.15, -0.1) is 0 Å². The fourth-order valence-corrected chi connectivity index (χ4v) is 9.00. The zero-order chi connectivity index (χ0) is 56.2. The first kappa shape index (κ1) is 68.2. The summed E-state index contributed by atoms with van der Waals surface area (Å²) in [6.07, 6.45) is 21.5. The number of amides is 1. The molecule has 17 atom stereocenters. The van der Waals surface area contributed by atoms with Gasteiger partial charge in [0.15, 0.2) is 18.9 Å². The Morgan fingerprint density at radius 3 is 1.45 bits per heavy atom. The van der Waals surface area contributed by atoms with E-state index in [2.05, 4.69) is 79.9 Å². The smallest absolute Gasteiger partial charge is 0.220 e. The second-order valence-corrected chi connectivity index (χ2v) is 20.0. The molecule has 0 aromatic rings. The predicted octanol–water partition coefficient (Wildman–Crippen LogP) is 4.03. The highest BCUT2D eigenvalue weighted by Crippen LogP contribution is 2.33. The summed E-state index contributed by atoms with van der Waals surface area (Å²) in [7, 11) is 0. The molecule has 77 heavy (non-hydrogen) atoms. The van der Waals surface area contributed by atoms with Crippen molar-refractivity contribution in [3.05, 3.63) is 85.1 Å². The van der Waals surface area contributed by atoms with E-state index in [0.717, 1.165) is 51.4 Å². The van der Waals surface area contributed by atoms with Crippen LogP contribution in [0.2, 0.25) is 0 Å². The highest BCUT2D eigenvalue weighted by atomic mass is 16.8. The van der Waals surface area contributed by atoms with E-state index in [1.54, 1.807) is 6.08 Å². The molecule has 3 rings (SSSR count). The van der Waals surface area contributed by atoms with Gasteiger partial charge in [-0.25, -0.2) is 0 Å². The number of carbonyl (C=O) groups is 1. The van der Waals surface area contributed by atoms with Gasteiger partial charge in [-0.1, -0.05) is 150 Å². The van der Waals surface area contributed by atoms with Crippen molar-refractivity contribution < 1.29 is 89.4 Å². The minimum atomic E-state index is -1.99. The summed E-state index contributed by atoms with van der Waals surface area (Å²) in [5, 5.41) is 120. The molecule has 3 heterocycles. The number of allylic oxidation sites excluding steroid dienone is 13. The molecule has 3 aliphatic heterocycles. The van der Waals surface area contributed by atoms with E-state index in [-0.39, 0.29) is 12.3 Å². The Labute approximate surface area is 457 Å². The van der Waals surface area contributed by atoms with Gasteiger partial charge in [0, 0.05) is 6.42 Å². The zero-order valence-electron chi connectivity index (χ0n) is 45.6. The van der Waals surface area contributed by atoms with E-state index in [0.29, 0.717) is 19.3 Å². The number of ether oxygens (including phenoxy) is 6. The Bertz CT molecular complexity index is 1740. The molecular formula is C58H97NO18. The van der Waals surface area contributed by atoms with Crippen LogP contribution in [0.3, 0.4) is 0 Å². The van der Waals surface area contributed by atoms with Crippen LogP contribution in [0.15, 0.2) is 85.1 Å². The van der Waals surface area contributed by atoms with Gasteiger partial charge in [0.1, 0.15) is 73.2 Å². The molecule has 1 amide bonds. The number of aliphatic hydroxyl groups is 11. The molecule has 12 N–H and O–H groups in total. The van der Waals surface area contributed by atoms with Crippen molar-refractivity contribution >= 4 is 5.91 Å². The molecule has 19 nitrogen and oxygen atoms in total. The Morgan fingerprint density at radius 2 is 0.909 bits per heavy atom. The number of hydrogen-bond acceptors (Lipinski definition) is 18. The SMILES string of the molecule is CC/C=C\C/C=C\C/C=C\C/C=C\C/C=C\CCCC(=O)NC(COC1OC(CO)C(OC2OC(CO)C(OC3OC(CO)C(O)C(O)C3O)C(O)C2O)C(O)C1O)C(O)/C=C/CC/C=C/CCCCCCCCCCC. The van der Waals surface area contributed by atoms with Crippen molar-refractivity contribution in [2.24, 2.45) is 0 Å². The summed E-state index contributed by atoms with van der Waals surface area (Å²) in [5.41, 5.74) is 0. The third-order valence-corrected chi connectivity index (χ3v) is 13.7. The molecule has 0 aromatic heterocycles. The standard InChI is InChI=1S/C58H97NO18/c1-3-5-7-9-11-13-15-17-19-20-22-24-26-28-30-32-34-36-46(64)59-41(42(63)35-33-31-29-27-25-23-21-18-16-14-12-10-8-6-4-2)40-72-56-52(70)49(67)54(44(38-61)74-56)77-58-53(71)50(68)55(45(39-62)75-58)76-57-51(69)48(66)47(65)43(37-60)73-57/h5,7,11,13,17,19,22,24-25,27-28,30,33,35,41-45,47-58,60-63,65-71H,3-4,6,8-10,12,14-16,18,20-21,23,26,29,31-32,34,36-40H2,1-2H3,(H,59,64)/b7-5-,13-11-,19-17-,24-22-,27-25+,30-28-,35-33+. The van der Waals surface area contributed by atoms with Crippen molar-refractivity contribution in [1.82, 2.24) is 5.32 Å². The van der Waals surface area contributed by atoms with E-state index in [9.17, 15) is 61.0 Å². The fourth-order valence-electron chi connectivity index (χ4n) is 9.00. The molecule has 0 aromatic carbocycles. The van der Waals surface area contributed by atoms with E-state index < -0.39 is 131 Å². The maximum absolute atomic E-state index is 13.3. The van der Waals surface area contributed by atoms with E-state index >= 15 is 0 Å². The molecule has 3 saturated heterocycles. The number of carbonyl (C=O) groups excluding carboxylic acids is 1. The molecule has 0 saturated carbocycles. The van der Waals surface area contributed by atoms with E-state index in [4.69, 9.17) is 28.4 Å². The van der Waals surface area contributed by atoms with Gasteiger partial charge in [0.25, 0.3) is 0 Å². The summed E-state index contributed by atoms with van der Waals surface area (Å²) in [5.74, 6) is -0.347. The summed E-state index contributed by atoms with van der Waals surface area (Å²) in [6, 6.07) is -1.02. The minimum Gasteiger partial charge on any atom is -0.394 e. The van der Waals surface area contributed by atoms with Crippen LogP contribution in [0.1, 0.15) is 142 Å². The van der Waals surface area contributed by atoms with Gasteiger partial charge in [-0.3, -0.25) is 4.79 Å². The molecule has 19 heteroatoms. The van der Waals surface area contributed by atoms with Crippen LogP contribution in [0.5, 0.6) is 0 Å². The molecule has 0 bridgehead atoms. The van der Waals surface area contributed by atoms with Gasteiger partial charge in [-0.2, -0.15) is 0 Å². The van der Waals surface area contributed by atoms with Crippen molar-refractivity contribution in [3.8, 4) is 0 Å². The third kappa shape index (κ3) is 25.5. The monoisotopic (exact) mass is 1100 g/mol. The zero-order valence-corrected chi connectivity index (χ0v) is 45.6. The molecule has 3 fully saturated rings. The normalized spacial score (nSPS) is 31.4. The van der Waals surface area contributed by atoms with Gasteiger partial charge < -0.3 is 89.9 Å². The molecular weight excluding hydrogens is 999 g/mol. The summed E-state index contributed by atoms with van der Waals surface area (Å²) >= 11 is 0. The first-order valence-corrected chi connectivity index (χ1v) is 28.3. The van der Waals surface area contributed by atoms with E-state index in [1.165, 1.54) is 51.4 Å². The van der Waals surface area contributed by atoms with Crippen molar-refractivity contribution in [1.29, 1.82) is 0 Å². The average Bonchev–Trinajstić information content (AvgIpc) is 3.44. The number of aliphatic hydroxyl groups excluding tert-OH is 11. The lowest BCUT2D eigenvalue weighted by atomic mass is 9.96. The van der Waals surface area contributed by atoms with Gasteiger partial charge in [-0.05, 0) is 70.6 Å². The first-order chi connectivity index (χ1) is 37.3. The Hall–Kier alpha value is -3.03. The minimum absolute atomic E-state index is 0.152. The lowest BCUT2D eigenvalue weighted by Gasteiger charge is -2.48. The van der Waals surface area contributed by atoms with Gasteiger partial charge >= 0.3 is 0 Å².